The Balaban J connectivity index is 2.63. The predicted octanol–water partition coefficient (Wildman–Crippen LogP) is -3.29. The summed E-state index contributed by atoms with van der Waals surface area (Å²) in [5.41, 5.74) is 10.5. The number of nitrogens with two attached hydrogens (primary N) is 2. The Hall–Kier alpha value is -0.240. The van der Waals surface area contributed by atoms with E-state index in [2.05, 4.69) is 0 Å². The molecule has 0 saturated carbocycles. The van der Waals surface area contributed by atoms with E-state index >= 15 is 0 Å². The van der Waals surface area contributed by atoms with Crippen molar-refractivity contribution in [2.24, 2.45) is 11.5 Å². The highest BCUT2D eigenvalue weighted by atomic mass is 16.6. The second-order valence-corrected chi connectivity index (χ2v) is 2.86. The third-order valence-electron chi connectivity index (χ3n) is 2.00. The topological polar surface area (TPSA) is 122 Å². The van der Waals surface area contributed by atoms with Crippen molar-refractivity contribution in [1.29, 1.82) is 0 Å². The Morgan fingerprint density at radius 2 is 1.75 bits per heavy atom. The fourth-order valence-electron chi connectivity index (χ4n) is 1.16. The highest BCUT2D eigenvalue weighted by Crippen LogP contribution is 2.17. The van der Waals surface area contributed by atoms with Crippen LogP contribution >= 0.6 is 0 Å². The molecule has 2 unspecified atom stereocenters. The zero-order chi connectivity index (χ0) is 9.30. The summed E-state index contributed by atoms with van der Waals surface area (Å²) in [6, 6.07) is -0.984. The lowest BCUT2D eigenvalue weighted by molar-refractivity contribution is -0.238. The van der Waals surface area contributed by atoms with E-state index in [0.29, 0.717) is 0 Å². The lowest BCUT2D eigenvalue weighted by Crippen LogP contribution is -2.62. The first kappa shape index (κ1) is 9.85. The van der Waals surface area contributed by atoms with Crippen molar-refractivity contribution in [3.8, 4) is 0 Å². The highest BCUT2D eigenvalue weighted by molar-refractivity contribution is 4.91. The van der Waals surface area contributed by atoms with Crippen LogP contribution in [-0.4, -0.2) is 52.5 Å². The molecule has 0 aromatic rings. The van der Waals surface area contributed by atoms with Crippen molar-refractivity contribution in [2.75, 3.05) is 6.54 Å². The molecule has 5 atom stereocenters. The summed E-state index contributed by atoms with van der Waals surface area (Å²) in [5, 5.41) is 27.6. The van der Waals surface area contributed by atoms with Crippen LogP contribution in [0.5, 0.6) is 0 Å². The van der Waals surface area contributed by atoms with Crippen LogP contribution in [0.15, 0.2) is 0 Å². The van der Waals surface area contributed by atoms with Crippen LogP contribution < -0.4 is 11.5 Å². The van der Waals surface area contributed by atoms with Gasteiger partial charge in [-0.1, -0.05) is 0 Å². The maximum absolute atomic E-state index is 9.28. The maximum atomic E-state index is 9.28. The monoisotopic (exact) mass is 178 g/mol. The van der Waals surface area contributed by atoms with E-state index < -0.39 is 30.6 Å². The molecule has 72 valence electrons. The van der Waals surface area contributed by atoms with Crippen LogP contribution in [0, 0.1) is 0 Å². The molecule has 6 heteroatoms. The number of hydrogen-bond donors (Lipinski definition) is 5. The second-order valence-electron chi connectivity index (χ2n) is 2.86. The van der Waals surface area contributed by atoms with E-state index in [9.17, 15) is 10.2 Å². The summed E-state index contributed by atoms with van der Waals surface area (Å²) in [6.07, 6.45) is -4.34. The minimum absolute atomic E-state index is 0.0298. The van der Waals surface area contributed by atoms with Gasteiger partial charge < -0.3 is 31.5 Å². The SMILES string of the molecule is NCC1O[C@@H](O)[C@H](N)C(O)[C@H]1O. The van der Waals surface area contributed by atoms with Crippen LogP contribution in [0.25, 0.3) is 0 Å². The number of ether oxygens (including phenoxy) is 1. The van der Waals surface area contributed by atoms with Gasteiger partial charge in [-0.3, -0.25) is 0 Å². The Kier molecular flexibility index (Phi) is 2.99. The van der Waals surface area contributed by atoms with Gasteiger partial charge in [-0.25, -0.2) is 0 Å². The quantitative estimate of drug-likeness (QED) is 0.287. The van der Waals surface area contributed by atoms with E-state index in [1.54, 1.807) is 0 Å². The van der Waals surface area contributed by atoms with Crippen molar-refractivity contribution in [3.05, 3.63) is 0 Å². The molecule has 1 heterocycles. The van der Waals surface area contributed by atoms with Crippen LogP contribution in [0.3, 0.4) is 0 Å². The second kappa shape index (κ2) is 3.65. The van der Waals surface area contributed by atoms with Gasteiger partial charge in [0.1, 0.15) is 18.3 Å². The van der Waals surface area contributed by atoms with E-state index in [1.807, 2.05) is 0 Å². The number of rotatable bonds is 1. The molecule has 1 rings (SSSR count). The summed E-state index contributed by atoms with van der Waals surface area (Å²) < 4.78 is 4.83. The summed E-state index contributed by atoms with van der Waals surface area (Å²) in [7, 11) is 0. The van der Waals surface area contributed by atoms with E-state index in [4.69, 9.17) is 21.3 Å². The molecule has 1 aliphatic rings. The average Bonchev–Trinajstić information content (AvgIpc) is 2.08. The molecule has 0 aliphatic carbocycles. The summed E-state index contributed by atoms with van der Waals surface area (Å²) in [5.74, 6) is 0. The van der Waals surface area contributed by atoms with Gasteiger partial charge in [0.25, 0.3) is 0 Å². The van der Waals surface area contributed by atoms with Crippen LogP contribution in [0.2, 0.25) is 0 Å². The number of aliphatic hydroxyl groups excluding tert-OH is 3. The van der Waals surface area contributed by atoms with E-state index in [0.717, 1.165) is 0 Å². The van der Waals surface area contributed by atoms with Gasteiger partial charge >= 0.3 is 0 Å². The summed E-state index contributed by atoms with van der Waals surface area (Å²) in [4.78, 5) is 0. The Morgan fingerprint density at radius 3 is 2.25 bits per heavy atom. The normalized spacial score (nSPS) is 49.2. The number of aliphatic hydroxyl groups is 3. The van der Waals surface area contributed by atoms with Crippen molar-refractivity contribution in [1.82, 2.24) is 0 Å². The Bertz CT molecular complexity index is 152. The number of hydrogen-bond acceptors (Lipinski definition) is 6. The smallest absolute Gasteiger partial charge is 0.172 e. The van der Waals surface area contributed by atoms with Crippen molar-refractivity contribution >= 4 is 0 Å². The van der Waals surface area contributed by atoms with Crippen molar-refractivity contribution in [2.45, 2.75) is 30.6 Å². The molecule has 0 radical (unpaired) electrons. The van der Waals surface area contributed by atoms with Gasteiger partial charge in [0.2, 0.25) is 0 Å². The molecule has 1 saturated heterocycles. The third-order valence-corrected chi connectivity index (χ3v) is 2.00. The predicted molar refractivity (Wildman–Crippen MR) is 39.9 cm³/mol. The molecule has 12 heavy (non-hydrogen) atoms. The van der Waals surface area contributed by atoms with Crippen molar-refractivity contribution in [3.63, 3.8) is 0 Å². The molecule has 0 spiro atoms. The summed E-state index contributed by atoms with van der Waals surface area (Å²) in [6.45, 7) is 0.0298. The first-order chi connectivity index (χ1) is 5.57. The highest BCUT2D eigenvalue weighted by Gasteiger charge is 2.41. The van der Waals surface area contributed by atoms with Gasteiger partial charge in [0, 0.05) is 6.54 Å². The minimum atomic E-state index is -1.27. The van der Waals surface area contributed by atoms with Crippen LogP contribution in [0.1, 0.15) is 0 Å². The Morgan fingerprint density at radius 1 is 1.17 bits per heavy atom. The maximum Gasteiger partial charge on any atom is 0.172 e. The molecule has 0 amide bonds. The lowest BCUT2D eigenvalue weighted by Gasteiger charge is -2.38. The fourth-order valence-corrected chi connectivity index (χ4v) is 1.16. The minimum Gasteiger partial charge on any atom is -0.388 e. The first-order valence-electron chi connectivity index (χ1n) is 3.73. The standard InChI is InChI=1S/C6H14N2O4/c7-1-2-4(9)5(10)3(8)6(11)12-2/h2-6,9-11H,1,7-8H2/t2?,3-,4+,5?,6-/m1/s1. The zero-order valence-corrected chi connectivity index (χ0v) is 6.50. The fraction of sp³-hybridized carbons (Fsp3) is 1.00. The average molecular weight is 178 g/mol. The molecule has 7 N–H and O–H groups in total. The van der Waals surface area contributed by atoms with Gasteiger partial charge in [0.05, 0.1) is 6.04 Å². The van der Waals surface area contributed by atoms with Crippen molar-refractivity contribution < 1.29 is 20.1 Å². The summed E-state index contributed by atoms with van der Waals surface area (Å²) >= 11 is 0. The van der Waals surface area contributed by atoms with Crippen LogP contribution in [-0.2, 0) is 4.74 Å². The van der Waals surface area contributed by atoms with E-state index in [-0.39, 0.29) is 6.54 Å². The molecule has 0 bridgehead atoms. The van der Waals surface area contributed by atoms with Crippen LogP contribution in [0.4, 0.5) is 0 Å². The van der Waals surface area contributed by atoms with Gasteiger partial charge in [0.15, 0.2) is 6.29 Å². The zero-order valence-electron chi connectivity index (χ0n) is 6.50. The molecular weight excluding hydrogens is 164 g/mol. The molecule has 1 aliphatic heterocycles. The van der Waals surface area contributed by atoms with E-state index in [1.165, 1.54) is 0 Å². The Labute approximate surface area is 69.7 Å². The molecule has 6 nitrogen and oxygen atoms in total. The van der Waals surface area contributed by atoms with Gasteiger partial charge in [-0.2, -0.15) is 0 Å². The largest absolute Gasteiger partial charge is 0.388 e. The first-order valence-corrected chi connectivity index (χ1v) is 3.73. The molecule has 0 aromatic carbocycles. The molecule has 0 aromatic heterocycles. The molecule has 1 fully saturated rings. The third kappa shape index (κ3) is 1.58. The lowest BCUT2D eigenvalue weighted by atomic mass is 9.98. The van der Waals surface area contributed by atoms with Gasteiger partial charge in [-0.15, -0.1) is 0 Å². The molecular formula is C6H14N2O4. The van der Waals surface area contributed by atoms with Gasteiger partial charge in [-0.05, 0) is 0 Å².